The van der Waals surface area contributed by atoms with Crippen LogP contribution in [0.25, 0.3) is 5.57 Å². The third-order valence-electron chi connectivity index (χ3n) is 7.21. The molecular formula is C28H35N7O4. The van der Waals surface area contributed by atoms with Crippen LogP contribution in [0.4, 0.5) is 16.3 Å². The lowest BCUT2D eigenvalue weighted by molar-refractivity contribution is -0.0699. The van der Waals surface area contributed by atoms with Gasteiger partial charge in [0, 0.05) is 49.2 Å². The van der Waals surface area contributed by atoms with Crippen LogP contribution in [0.15, 0.2) is 53.7 Å². The fraction of sp³-hybridized carbons (Fsp3) is 0.429. The van der Waals surface area contributed by atoms with Gasteiger partial charge in [-0.05, 0) is 68.3 Å². The first-order valence-electron chi connectivity index (χ1n) is 13.4. The average molecular weight is 534 g/mol. The Balaban J connectivity index is 1.24. The Labute approximate surface area is 228 Å². The van der Waals surface area contributed by atoms with Crippen molar-refractivity contribution in [3.05, 3.63) is 59.8 Å². The monoisotopic (exact) mass is 533 g/mol. The Hall–Kier alpha value is -3.96. The van der Waals surface area contributed by atoms with Gasteiger partial charge in [0.25, 0.3) is 5.91 Å². The maximum absolute atomic E-state index is 13.2. The van der Waals surface area contributed by atoms with E-state index in [0.717, 1.165) is 30.6 Å². The van der Waals surface area contributed by atoms with Crippen LogP contribution in [0.1, 0.15) is 35.7 Å². The van der Waals surface area contributed by atoms with E-state index in [1.165, 1.54) is 0 Å². The number of hydrogen-bond acceptors (Lipinski definition) is 7. The molecule has 2 atom stereocenters. The highest BCUT2D eigenvalue weighted by Gasteiger charge is 2.37. The van der Waals surface area contributed by atoms with Gasteiger partial charge in [0.15, 0.2) is 11.8 Å². The number of rotatable bonds is 5. The van der Waals surface area contributed by atoms with Crippen molar-refractivity contribution in [2.75, 3.05) is 51.3 Å². The fourth-order valence-electron chi connectivity index (χ4n) is 5.23. The molecule has 3 aliphatic heterocycles. The highest BCUT2D eigenvalue weighted by atomic mass is 16.6. The van der Waals surface area contributed by atoms with Gasteiger partial charge in [0.1, 0.15) is 0 Å². The van der Waals surface area contributed by atoms with Crippen LogP contribution in [0, 0.1) is 0 Å². The normalized spacial score (nSPS) is 21.6. The van der Waals surface area contributed by atoms with Crippen molar-refractivity contribution in [2.45, 2.75) is 31.9 Å². The second kappa shape index (κ2) is 12.3. The summed E-state index contributed by atoms with van der Waals surface area (Å²) in [4.78, 5) is 37.8. The zero-order valence-corrected chi connectivity index (χ0v) is 22.1. The molecule has 39 heavy (non-hydrogen) atoms. The SMILES string of the molecule is CCOC(=O)N1CC=C(c2cccnc2/N=C(\N)Nc2ccc(C(=O)N3CCOC4CCNCC43)cc2)CC1. The largest absolute Gasteiger partial charge is 0.450 e. The van der Waals surface area contributed by atoms with Crippen molar-refractivity contribution in [3.63, 3.8) is 0 Å². The number of guanidine groups is 1. The van der Waals surface area contributed by atoms with Gasteiger partial charge in [-0.2, -0.15) is 4.99 Å². The molecule has 1 aromatic heterocycles. The third-order valence-corrected chi connectivity index (χ3v) is 7.21. The number of amides is 2. The second-order valence-corrected chi connectivity index (χ2v) is 9.67. The summed E-state index contributed by atoms with van der Waals surface area (Å²) in [5.41, 5.74) is 9.49. The molecule has 0 spiro atoms. The molecule has 4 heterocycles. The molecule has 0 saturated carbocycles. The van der Waals surface area contributed by atoms with Gasteiger partial charge < -0.3 is 35.6 Å². The van der Waals surface area contributed by atoms with E-state index in [4.69, 9.17) is 15.2 Å². The highest BCUT2D eigenvalue weighted by Crippen LogP contribution is 2.29. The van der Waals surface area contributed by atoms with Crippen molar-refractivity contribution in [1.82, 2.24) is 20.1 Å². The van der Waals surface area contributed by atoms with Gasteiger partial charge in [0.05, 0.1) is 25.4 Å². The molecule has 2 aromatic rings. The van der Waals surface area contributed by atoms with Crippen LogP contribution in [-0.2, 0) is 9.47 Å². The second-order valence-electron chi connectivity index (χ2n) is 9.67. The predicted molar refractivity (Wildman–Crippen MR) is 149 cm³/mol. The Morgan fingerprint density at radius 1 is 1.26 bits per heavy atom. The Morgan fingerprint density at radius 2 is 2.10 bits per heavy atom. The minimum absolute atomic E-state index is 0.00518. The van der Waals surface area contributed by atoms with Crippen LogP contribution in [0.3, 0.4) is 0 Å². The number of pyridine rings is 1. The lowest BCUT2D eigenvalue weighted by atomic mass is 9.99. The molecule has 2 saturated heterocycles. The van der Waals surface area contributed by atoms with Crippen LogP contribution < -0.4 is 16.4 Å². The number of benzene rings is 1. The van der Waals surface area contributed by atoms with Crippen LogP contribution in [0.2, 0.25) is 0 Å². The molecular weight excluding hydrogens is 498 g/mol. The smallest absolute Gasteiger partial charge is 0.410 e. The molecule has 1 aromatic carbocycles. The van der Waals surface area contributed by atoms with E-state index >= 15 is 0 Å². The number of carbonyl (C=O) groups excluding carboxylic acids is 2. The van der Waals surface area contributed by atoms with Gasteiger partial charge in [-0.3, -0.25) is 4.79 Å². The number of morpholine rings is 1. The first-order chi connectivity index (χ1) is 19.0. The Bertz CT molecular complexity index is 1240. The molecule has 0 bridgehead atoms. The summed E-state index contributed by atoms with van der Waals surface area (Å²) in [6, 6.07) is 11.1. The van der Waals surface area contributed by atoms with E-state index < -0.39 is 0 Å². The number of anilines is 1. The molecule has 0 radical (unpaired) electrons. The molecule has 4 N–H and O–H groups in total. The average Bonchev–Trinajstić information content (AvgIpc) is 2.97. The number of fused-ring (bicyclic) bond motifs is 1. The van der Waals surface area contributed by atoms with E-state index in [9.17, 15) is 9.59 Å². The molecule has 5 rings (SSSR count). The number of piperidine rings is 1. The van der Waals surface area contributed by atoms with Crippen LogP contribution in [-0.4, -0.2) is 90.8 Å². The number of nitrogens with two attached hydrogens (primary N) is 1. The van der Waals surface area contributed by atoms with E-state index in [2.05, 4.69) is 20.6 Å². The first-order valence-corrected chi connectivity index (χ1v) is 13.4. The summed E-state index contributed by atoms with van der Waals surface area (Å²) in [5, 5.41) is 6.46. The predicted octanol–water partition coefficient (Wildman–Crippen LogP) is 2.59. The lowest BCUT2D eigenvalue weighted by Crippen LogP contribution is -2.60. The van der Waals surface area contributed by atoms with E-state index in [-0.39, 0.29) is 30.1 Å². The summed E-state index contributed by atoms with van der Waals surface area (Å²) in [7, 11) is 0. The lowest BCUT2D eigenvalue weighted by Gasteiger charge is -2.44. The number of carbonyl (C=O) groups is 2. The first kappa shape index (κ1) is 26.6. The molecule has 206 valence electrons. The van der Waals surface area contributed by atoms with Crippen molar-refractivity contribution >= 4 is 35.0 Å². The molecule has 11 heteroatoms. The molecule has 2 amide bonds. The molecule has 2 fully saturated rings. The number of aromatic nitrogens is 1. The van der Waals surface area contributed by atoms with Gasteiger partial charge in [0.2, 0.25) is 0 Å². The molecule has 3 aliphatic rings. The zero-order chi connectivity index (χ0) is 27.2. The van der Waals surface area contributed by atoms with Crippen molar-refractivity contribution in [3.8, 4) is 0 Å². The standard InChI is InChI=1S/C28H35N7O4/c1-2-38-28(37)34-14-10-19(11-15-34)22-4-3-12-31-25(22)33-27(29)32-21-7-5-20(6-8-21)26(36)35-16-17-39-24-9-13-30-18-23(24)35/h3-8,10,12,23-24,30H,2,9,11,13-18H2,1H3,(H3,29,31,32,33). The summed E-state index contributed by atoms with van der Waals surface area (Å²) in [5.74, 6) is 0.682. The van der Waals surface area contributed by atoms with E-state index in [1.807, 2.05) is 35.2 Å². The summed E-state index contributed by atoms with van der Waals surface area (Å²) in [6.07, 6.45) is 5.03. The van der Waals surface area contributed by atoms with Crippen LogP contribution >= 0.6 is 0 Å². The molecule has 0 aliphatic carbocycles. The van der Waals surface area contributed by atoms with Crippen molar-refractivity contribution in [2.24, 2.45) is 10.7 Å². The number of nitrogens with one attached hydrogen (secondary N) is 2. The minimum Gasteiger partial charge on any atom is -0.450 e. The minimum atomic E-state index is -0.307. The topological polar surface area (TPSA) is 134 Å². The number of ether oxygens (including phenoxy) is 2. The molecule has 11 nitrogen and oxygen atoms in total. The van der Waals surface area contributed by atoms with Gasteiger partial charge >= 0.3 is 6.09 Å². The molecule has 2 unspecified atom stereocenters. The van der Waals surface area contributed by atoms with Gasteiger partial charge in [-0.1, -0.05) is 6.08 Å². The van der Waals surface area contributed by atoms with Crippen LogP contribution in [0.5, 0.6) is 0 Å². The number of hydrogen-bond donors (Lipinski definition) is 3. The third kappa shape index (κ3) is 6.21. The maximum Gasteiger partial charge on any atom is 0.410 e. The fourth-order valence-corrected chi connectivity index (χ4v) is 5.23. The van der Waals surface area contributed by atoms with Gasteiger partial charge in [-0.15, -0.1) is 0 Å². The van der Waals surface area contributed by atoms with E-state index in [1.54, 1.807) is 30.2 Å². The zero-order valence-electron chi connectivity index (χ0n) is 22.1. The maximum atomic E-state index is 13.2. The number of nitrogens with zero attached hydrogens (tertiary/aromatic N) is 4. The van der Waals surface area contributed by atoms with Crippen molar-refractivity contribution < 1.29 is 19.1 Å². The summed E-state index contributed by atoms with van der Waals surface area (Å²) in [6.45, 7) is 5.99. The van der Waals surface area contributed by atoms with Gasteiger partial charge in [-0.25, -0.2) is 9.78 Å². The quantitative estimate of drug-likeness (QED) is 0.394. The Morgan fingerprint density at radius 3 is 2.87 bits per heavy atom. The summed E-state index contributed by atoms with van der Waals surface area (Å²) < 4.78 is 11.0. The highest BCUT2D eigenvalue weighted by molar-refractivity contribution is 5.97. The van der Waals surface area contributed by atoms with Crippen molar-refractivity contribution in [1.29, 1.82) is 0 Å². The Kier molecular flexibility index (Phi) is 8.38. The summed E-state index contributed by atoms with van der Waals surface area (Å²) >= 11 is 0. The number of aliphatic imine (C=N–C) groups is 1. The van der Waals surface area contributed by atoms with E-state index in [0.29, 0.717) is 56.3 Å².